The Labute approximate surface area is 151 Å². The summed E-state index contributed by atoms with van der Waals surface area (Å²) in [5.74, 6) is 0.925. The number of hydrogen-bond donors (Lipinski definition) is 1. The van der Waals surface area contributed by atoms with Gasteiger partial charge in [0.15, 0.2) is 0 Å². The molecule has 2 aromatic carbocycles. The van der Waals surface area contributed by atoms with E-state index >= 15 is 0 Å². The Bertz CT molecular complexity index is 983. The third-order valence-electron chi connectivity index (χ3n) is 3.95. The summed E-state index contributed by atoms with van der Waals surface area (Å²) in [6.45, 7) is 1.79. The molecule has 0 fully saturated rings. The van der Waals surface area contributed by atoms with E-state index in [-0.39, 0.29) is 5.91 Å². The van der Waals surface area contributed by atoms with Crippen molar-refractivity contribution in [3.8, 4) is 11.5 Å². The molecule has 0 aliphatic rings. The van der Waals surface area contributed by atoms with Gasteiger partial charge in [-0.15, -0.1) is 0 Å². The maximum atomic E-state index is 12.3. The van der Waals surface area contributed by atoms with Crippen molar-refractivity contribution in [2.75, 3.05) is 14.2 Å². The van der Waals surface area contributed by atoms with Gasteiger partial charge in [0.2, 0.25) is 0 Å². The molecule has 0 spiro atoms. The molecule has 1 heterocycles. The molecule has 0 aliphatic heterocycles. The molecular weight excluding hydrogens is 330 g/mol. The smallest absolute Gasteiger partial charge is 0.289 e. The highest BCUT2D eigenvalue weighted by Gasteiger charge is 2.10. The molecule has 132 valence electrons. The summed E-state index contributed by atoms with van der Waals surface area (Å²) in [7, 11) is 3.16. The molecule has 1 aromatic heterocycles. The van der Waals surface area contributed by atoms with Gasteiger partial charge in [0.25, 0.3) is 5.91 Å². The Kier molecular flexibility index (Phi) is 5.12. The van der Waals surface area contributed by atoms with Gasteiger partial charge in [0.1, 0.15) is 17.2 Å². The number of pyridine rings is 1. The van der Waals surface area contributed by atoms with E-state index in [2.05, 4.69) is 15.5 Å². The third-order valence-corrected chi connectivity index (χ3v) is 3.95. The fraction of sp³-hybridized carbons (Fsp3) is 0.150. The van der Waals surface area contributed by atoms with Crippen LogP contribution in [-0.4, -0.2) is 30.8 Å². The molecule has 6 nitrogen and oxygen atoms in total. The predicted molar refractivity (Wildman–Crippen MR) is 101 cm³/mol. The van der Waals surface area contributed by atoms with Crippen molar-refractivity contribution in [1.82, 2.24) is 10.4 Å². The number of hydrogen-bond acceptors (Lipinski definition) is 5. The fourth-order valence-corrected chi connectivity index (χ4v) is 2.54. The Balaban J connectivity index is 1.80. The summed E-state index contributed by atoms with van der Waals surface area (Å²) in [5.41, 5.74) is 4.98. The minimum Gasteiger partial charge on any atom is -0.497 e. The van der Waals surface area contributed by atoms with Crippen LogP contribution in [0.2, 0.25) is 0 Å². The van der Waals surface area contributed by atoms with Crippen LogP contribution >= 0.6 is 0 Å². The van der Waals surface area contributed by atoms with Crippen LogP contribution in [0.25, 0.3) is 10.9 Å². The maximum absolute atomic E-state index is 12.3. The normalized spacial score (nSPS) is 11.3. The first-order valence-electron chi connectivity index (χ1n) is 8.05. The number of nitrogens with zero attached hydrogens (tertiary/aromatic N) is 2. The second-order valence-electron chi connectivity index (χ2n) is 5.59. The first-order chi connectivity index (χ1) is 12.6. The van der Waals surface area contributed by atoms with Crippen LogP contribution in [-0.2, 0) is 0 Å². The van der Waals surface area contributed by atoms with Crippen LogP contribution in [0, 0.1) is 0 Å². The minimum atomic E-state index is -0.373. The molecule has 0 aliphatic carbocycles. The van der Waals surface area contributed by atoms with E-state index in [0.717, 1.165) is 16.5 Å². The van der Waals surface area contributed by atoms with Gasteiger partial charge >= 0.3 is 0 Å². The van der Waals surface area contributed by atoms with Gasteiger partial charge < -0.3 is 9.47 Å². The average Bonchev–Trinajstić information content (AvgIpc) is 2.70. The van der Waals surface area contributed by atoms with Crippen molar-refractivity contribution < 1.29 is 14.3 Å². The lowest BCUT2D eigenvalue weighted by atomic mass is 10.1. The van der Waals surface area contributed by atoms with Crippen molar-refractivity contribution in [2.45, 2.75) is 6.92 Å². The molecule has 3 aromatic rings. The van der Waals surface area contributed by atoms with Gasteiger partial charge in [-0.1, -0.05) is 24.3 Å². The first-order valence-corrected chi connectivity index (χ1v) is 8.05. The number of carbonyl (C=O) groups excluding carboxylic acids is 1. The number of aromatic nitrogens is 1. The zero-order chi connectivity index (χ0) is 18.5. The lowest BCUT2D eigenvalue weighted by Crippen LogP contribution is -2.20. The number of nitrogens with one attached hydrogen (secondary N) is 1. The standard InChI is InChI=1S/C20H19N3O3/c1-13(16-10-9-15(25-2)12-19(16)26-3)22-23-20(24)18-11-8-14-6-4-5-7-17(14)21-18/h4-12H,1-3H3,(H,23,24)/b22-13-. The van der Waals surface area contributed by atoms with Gasteiger partial charge in [-0.25, -0.2) is 10.4 Å². The third kappa shape index (κ3) is 3.64. The van der Waals surface area contributed by atoms with Crippen molar-refractivity contribution in [1.29, 1.82) is 0 Å². The summed E-state index contributed by atoms with van der Waals surface area (Å²) in [4.78, 5) is 16.7. The molecule has 0 bridgehead atoms. The summed E-state index contributed by atoms with van der Waals surface area (Å²) < 4.78 is 10.5. The van der Waals surface area contributed by atoms with Gasteiger partial charge in [0, 0.05) is 17.0 Å². The molecule has 6 heteroatoms. The first kappa shape index (κ1) is 17.4. The van der Waals surface area contributed by atoms with Crippen molar-refractivity contribution in [2.24, 2.45) is 5.10 Å². The molecule has 0 atom stereocenters. The van der Waals surface area contributed by atoms with Gasteiger partial charge in [-0.05, 0) is 31.2 Å². The van der Waals surface area contributed by atoms with E-state index in [1.807, 2.05) is 42.5 Å². The number of ether oxygens (including phenoxy) is 2. The highest BCUT2D eigenvalue weighted by Crippen LogP contribution is 2.25. The minimum absolute atomic E-state index is 0.307. The number of hydrazone groups is 1. The second-order valence-corrected chi connectivity index (χ2v) is 5.59. The molecule has 1 N–H and O–H groups in total. The van der Waals surface area contributed by atoms with E-state index < -0.39 is 0 Å². The van der Waals surface area contributed by atoms with Crippen molar-refractivity contribution in [3.05, 3.63) is 65.9 Å². The van der Waals surface area contributed by atoms with E-state index in [1.54, 1.807) is 33.3 Å². The summed E-state index contributed by atoms with van der Waals surface area (Å²) in [6, 6.07) is 16.6. The van der Waals surface area contributed by atoms with Crippen LogP contribution in [0.1, 0.15) is 23.0 Å². The van der Waals surface area contributed by atoms with E-state index in [9.17, 15) is 4.79 Å². The van der Waals surface area contributed by atoms with Gasteiger partial charge in [0.05, 0.1) is 25.4 Å². The topological polar surface area (TPSA) is 72.8 Å². The van der Waals surface area contributed by atoms with Gasteiger partial charge in [-0.3, -0.25) is 4.79 Å². The van der Waals surface area contributed by atoms with Crippen LogP contribution in [0.3, 0.4) is 0 Å². The predicted octanol–water partition coefficient (Wildman–Crippen LogP) is 3.41. The molecule has 0 saturated heterocycles. The number of rotatable bonds is 5. The lowest BCUT2D eigenvalue weighted by Gasteiger charge is -2.10. The number of methoxy groups -OCH3 is 2. The zero-order valence-electron chi connectivity index (χ0n) is 14.8. The monoisotopic (exact) mass is 349 g/mol. The molecule has 3 rings (SSSR count). The highest BCUT2D eigenvalue weighted by atomic mass is 16.5. The van der Waals surface area contributed by atoms with Crippen LogP contribution in [0.5, 0.6) is 11.5 Å². The molecule has 26 heavy (non-hydrogen) atoms. The van der Waals surface area contributed by atoms with Gasteiger partial charge in [-0.2, -0.15) is 5.10 Å². The van der Waals surface area contributed by atoms with E-state index in [1.165, 1.54) is 0 Å². The molecule has 1 amide bonds. The lowest BCUT2D eigenvalue weighted by molar-refractivity contribution is 0.0950. The fourth-order valence-electron chi connectivity index (χ4n) is 2.54. The number of carbonyl (C=O) groups is 1. The largest absolute Gasteiger partial charge is 0.497 e. The number of amides is 1. The van der Waals surface area contributed by atoms with Crippen LogP contribution in [0.15, 0.2) is 59.7 Å². The van der Waals surface area contributed by atoms with Crippen LogP contribution < -0.4 is 14.9 Å². The Hall–Kier alpha value is -3.41. The average molecular weight is 349 g/mol. The quantitative estimate of drug-likeness (QED) is 0.566. The Morgan fingerprint density at radius 2 is 1.85 bits per heavy atom. The maximum Gasteiger partial charge on any atom is 0.289 e. The number of para-hydroxylation sites is 1. The number of fused-ring (bicyclic) bond motifs is 1. The van der Waals surface area contributed by atoms with E-state index in [0.29, 0.717) is 22.9 Å². The summed E-state index contributed by atoms with van der Waals surface area (Å²) in [5, 5.41) is 5.15. The van der Waals surface area contributed by atoms with Crippen molar-refractivity contribution in [3.63, 3.8) is 0 Å². The summed E-state index contributed by atoms with van der Waals surface area (Å²) >= 11 is 0. The van der Waals surface area contributed by atoms with E-state index in [4.69, 9.17) is 9.47 Å². The molecule has 0 unspecified atom stereocenters. The Morgan fingerprint density at radius 1 is 1.04 bits per heavy atom. The summed E-state index contributed by atoms with van der Waals surface area (Å²) in [6.07, 6.45) is 0. The number of benzene rings is 2. The molecule has 0 saturated carbocycles. The second kappa shape index (κ2) is 7.65. The molecule has 0 radical (unpaired) electrons. The highest BCUT2D eigenvalue weighted by molar-refractivity contribution is 6.02. The van der Waals surface area contributed by atoms with Crippen molar-refractivity contribution >= 4 is 22.5 Å². The zero-order valence-corrected chi connectivity index (χ0v) is 14.8. The van der Waals surface area contributed by atoms with Crippen LogP contribution in [0.4, 0.5) is 0 Å². The molecular formula is C20H19N3O3. The SMILES string of the molecule is COc1ccc(/C(C)=N\NC(=O)c2ccc3ccccc3n2)c(OC)c1. The Morgan fingerprint density at radius 3 is 2.62 bits per heavy atom.